The molecule has 122 valence electrons. The quantitative estimate of drug-likeness (QED) is 0.735. The molecule has 0 bridgehead atoms. The number of aromatic nitrogens is 1. The molecule has 0 aliphatic rings. The number of rotatable bonds is 4. The van der Waals surface area contributed by atoms with Gasteiger partial charge in [0.2, 0.25) is 0 Å². The number of halogens is 1. The van der Waals surface area contributed by atoms with Gasteiger partial charge in [0.05, 0.1) is 6.54 Å². The molecule has 5 heteroatoms. The van der Waals surface area contributed by atoms with Crippen molar-refractivity contribution in [3.63, 3.8) is 0 Å². The van der Waals surface area contributed by atoms with Crippen molar-refractivity contribution in [1.82, 2.24) is 4.57 Å². The zero-order valence-corrected chi connectivity index (χ0v) is 13.5. The summed E-state index contributed by atoms with van der Waals surface area (Å²) in [6, 6.07) is 15.1. The molecule has 0 fully saturated rings. The van der Waals surface area contributed by atoms with Gasteiger partial charge < -0.3 is 9.47 Å². The largest absolute Gasteiger partial charge is 0.329 e. The van der Waals surface area contributed by atoms with Gasteiger partial charge in [-0.1, -0.05) is 24.3 Å². The third-order valence-corrected chi connectivity index (χ3v) is 3.91. The van der Waals surface area contributed by atoms with Crippen molar-refractivity contribution in [2.75, 3.05) is 11.9 Å². The Labute approximate surface area is 139 Å². The molecule has 0 radical (unpaired) electrons. The Bertz CT molecular complexity index is 930. The number of ketones is 1. The Balaban J connectivity index is 2.07. The summed E-state index contributed by atoms with van der Waals surface area (Å²) < 4.78 is 15.1. The molecule has 0 atom stereocenters. The standard InChI is InChI=1S/C19H17FN2O2/c1-13(23)12-22-17-9-4-3-6-14(17)10-18(22)19(24)21(2)16-8-5-7-15(20)11-16/h3-11H,12H2,1-2H3. The number of nitrogens with zero attached hydrogens (tertiary/aromatic N) is 2. The van der Waals surface area contributed by atoms with Gasteiger partial charge in [-0.2, -0.15) is 0 Å². The van der Waals surface area contributed by atoms with Crippen molar-refractivity contribution in [2.45, 2.75) is 13.5 Å². The van der Waals surface area contributed by atoms with Crippen LogP contribution in [0, 0.1) is 5.82 Å². The fourth-order valence-electron chi connectivity index (χ4n) is 2.75. The summed E-state index contributed by atoms with van der Waals surface area (Å²) in [5, 5.41) is 0.884. The van der Waals surface area contributed by atoms with Gasteiger partial charge in [0.15, 0.2) is 0 Å². The van der Waals surface area contributed by atoms with Crippen LogP contribution in [0.1, 0.15) is 17.4 Å². The molecule has 1 heterocycles. The molecule has 0 spiro atoms. The maximum atomic E-state index is 13.4. The molecule has 24 heavy (non-hydrogen) atoms. The average molecular weight is 324 g/mol. The summed E-state index contributed by atoms with van der Waals surface area (Å²) in [7, 11) is 1.59. The van der Waals surface area contributed by atoms with Crippen LogP contribution in [0.15, 0.2) is 54.6 Å². The van der Waals surface area contributed by atoms with Gasteiger partial charge in [-0.25, -0.2) is 4.39 Å². The zero-order valence-electron chi connectivity index (χ0n) is 13.5. The molecule has 3 aromatic rings. The lowest BCUT2D eigenvalue weighted by Gasteiger charge is -2.18. The van der Waals surface area contributed by atoms with E-state index in [1.165, 1.54) is 24.0 Å². The average Bonchev–Trinajstić information content (AvgIpc) is 2.91. The number of hydrogen-bond donors (Lipinski definition) is 0. The van der Waals surface area contributed by atoms with E-state index < -0.39 is 5.82 Å². The maximum absolute atomic E-state index is 13.4. The summed E-state index contributed by atoms with van der Waals surface area (Å²) in [5.41, 5.74) is 1.68. The summed E-state index contributed by atoms with van der Waals surface area (Å²) >= 11 is 0. The van der Waals surface area contributed by atoms with Crippen LogP contribution in [-0.4, -0.2) is 23.3 Å². The van der Waals surface area contributed by atoms with Gasteiger partial charge in [-0.05, 0) is 37.3 Å². The monoisotopic (exact) mass is 324 g/mol. The second kappa shape index (κ2) is 6.28. The Hall–Kier alpha value is -2.95. The Kier molecular flexibility index (Phi) is 4.16. The first-order valence-electron chi connectivity index (χ1n) is 7.58. The van der Waals surface area contributed by atoms with E-state index >= 15 is 0 Å². The third kappa shape index (κ3) is 2.93. The van der Waals surface area contributed by atoms with E-state index in [-0.39, 0.29) is 18.2 Å². The van der Waals surface area contributed by atoms with Crippen LogP contribution in [0.5, 0.6) is 0 Å². The van der Waals surface area contributed by atoms with Crippen LogP contribution in [0.25, 0.3) is 10.9 Å². The van der Waals surface area contributed by atoms with Gasteiger partial charge in [-0.3, -0.25) is 9.59 Å². The van der Waals surface area contributed by atoms with Crippen LogP contribution in [0.3, 0.4) is 0 Å². The normalized spacial score (nSPS) is 10.8. The van der Waals surface area contributed by atoms with Gasteiger partial charge in [0, 0.05) is 23.6 Å². The van der Waals surface area contributed by atoms with E-state index in [1.807, 2.05) is 24.3 Å². The highest BCUT2D eigenvalue weighted by molar-refractivity contribution is 6.08. The van der Waals surface area contributed by atoms with Crippen LogP contribution in [-0.2, 0) is 11.3 Å². The first kappa shape index (κ1) is 15.9. The highest BCUT2D eigenvalue weighted by Gasteiger charge is 2.20. The lowest BCUT2D eigenvalue weighted by Crippen LogP contribution is -2.29. The molecule has 1 amide bonds. The van der Waals surface area contributed by atoms with E-state index in [4.69, 9.17) is 0 Å². The molecular weight excluding hydrogens is 307 g/mol. The molecule has 1 aromatic heterocycles. The number of hydrogen-bond acceptors (Lipinski definition) is 2. The molecule has 4 nitrogen and oxygen atoms in total. The summed E-state index contributed by atoms with van der Waals surface area (Å²) in [6.07, 6.45) is 0. The predicted octanol–water partition coefficient (Wildman–Crippen LogP) is 3.65. The molecule has 0 saturated heterocycles. The molecule has 2 aromatic carbocycles. The van der Waals surface area contributed by atoms with Gasteiger partial charge >= 0.3 is 0 Å². The topological polar surface area (TPSA) is 42.3 Å². The highest BCUT2D eigenvalue weighted by atomic mass is 19.1. The number of para-hydroxylation sites is 1. The van der Waals surface area contributed by atoms with Crippen molar-refractivity contribution in [3.05, 3.63) is 66.1 Å². The number of fused-ring (bicyclic) bond motifs is 1. The second-order valence-corrected chi connectivity index (χ2v) is 5.72. The Morgan fingerprint density at radius 2 is 1.83 bits per heavy atom. The highest BCUT2D eigenvalue weighted by Crippen LogP contribution is 2.23. The number of carbonyl (C=O) groups excluding carboxylic acids is 2. The maximum Gasteiger partial charge on any atom is 0.274 e. The molecule has 0 aliphatic heterocycles. The van der Waals surface area contributed by atoms with E-state index in [9.17, 15) is 14.0 Å². The summed E-state index contributed by atoms with van der Waals surface area (Å²) in [6.45, 7) is 1.60. The van der Waals surface area contributed by atoms with Crippen LogP contribution in [0.4, 0.5) is 10.1 Å². The Morgan fingerprint density at radius 3 is 2.54 bits per heavy atom. The minimum absolute atomic E-state index is 0.0428. The second-order valence-electron chi connectivity index (χ2n) is 5.72. The third-order valence-electron chi connectivity index (χ3n) is 3.91. The van der Waals surface area contributed by atoms with E-state index in [0.29, 0.717) is 11.4 Å². The van der Waals surface area contributed by atoms with E-state index in [0.717, 1.165) is 10.9 Å². The molecule has 3 rings (SSSR count). The van der Waals surface area contributed by atoms with Crippen molar-refractivity contribution < 1.29 is 14.0 Å². The van der Waals surface area contributed by atoms with Crippen molar-refractivity contribution in [1.29, 1.82) is 0 Å². The number of carbonyl (C=O) groups is 2. The van der Waals surface area contributed by atoms with E-state index in [2.05, 4.69) is 0 Å². The van der Waals surface area contributed by atoms with Gasteiger partial charge in [0.25, 0.3) is 5.91 Å². The number of amides is 1. The smallest absolute Gasteiger partial charge is 0.274 e. The van der Waals surface area contributed by atoms with Crippen LogP contribution < -0.4 is 4.90 Å². The number of Topliss-reactive ketones (excluding diaryl/α,β-unsaturated/α-hetero) is 1. The minimum atomic E-state index is -0.406. The molecule has 0 saturated carbocycles. The van der Waals surface area contributed by atoms with Crippen molar-refractivity contribution in [3.8, 4) is 0 Å². The van der Waals surface area contributed by atoms with Crippen LogP contribution >= 0.6 is 0 Å². The molecule has 0 unspecified atom stereocenters. The Morgan fingerprint density at radius 1 is 1.08 bits per heavy atom. The van der Waals surface area contributed by atoms with Crippen LogP contribution in [0.2, 0.25) is 0 Å². The minimum Gasteiger partial charge on any atom is -0.329 e. The van der Waals surface area contributed by atoms with Gasteiger partial charge in [-0.15, -0.1) is 0 Å². The SMILES string of the molecule is CC(=O)Cn1c(C(=O)N(C)c2cccc(F)c2)cc2ccccc21. The lowest BCUT2D eigenvalue weighted by atomic mass is 10.2. The first-order chi connectivity index (χ1) is 11.5. The number of benzene rings is 2. The van der Waals surface area contributed by atoms with Crippen molar-refractivity contribution in [2.24, 2.45) is 0 Å². The van der Waals surface area contributed by atoms with Crippen molar-refractivity contribution >= 4 is 28.3 Å². The molecule has 0 N–H and O–H groups in total. The lowest BCUT2D eigenvalue weighted by molar-refractivity contribution is -0.117. The molecular formula is C19H17FN2O2. The fourth-order valence-corrected chi connectivity index (χ4v) is 2.75. The zero-order chi connectivity index (χ0) is 17.3. The molecule has 0 aliphatic carbocycles. The van der Waals surface area contributed by atoms with Gasteiger partial charge in [0.1, 0.15) is 17.3 Å². The number of anilines is 1. The predicted molar refractivity (Wildman–Crippen MR) is 91.8 cm³/mol. The fraction of sp³-hybridized carbons (Fsp3) is 0.158. The van der Waals surface area contributed by atoms with E-state index in [1.54, 1.807) is 29.8 Å². The summed E-state index contributed by atoms with van der Waals surface area (Å²) in [4.78, 5) is 25.9. The first-order valence-corrected chi connectivity index (χ1v) is 7.58. The summed E-state index contributed by atoms with van der Waals surface area (Å²) in [5.74, 6) is -0.742.